The molecule has 21 heavy (non-hydrogen) atoms. The predicted molar refractivity (Wildman–Crippen MR) is 75.7 cm³/mol. The maximum atomic E-state index is 11.3. The lowest BCUT2D eigenvalue weighted by molar-refractivity contribution is -0.385. The number of hydrogen-bond donors (Lipinski definition) is 1. The third kappa shape index (κ3) is 4.95. The van der Waals surface area contributed by atoms with E-state index in [9.17, 15) is 14.9 Å². The lowest BCUT2D eigenvalue weighted by Crippen LogP contribution is -2.21. The van der Waals surface area contributed by atoms with Crippen LogP contribution < -0.4 is 10.1 Å². The molecule has 0 aliphatic rings. The zero-order valence-electron chi connectivity index (χ0n) is 11.5. The minimum absolute atomic E-state index is 0.0371. The number of amides is 1. The monoisotopic (exact) mass is 289 g/mol. The van der Waals surface area contributed by atoms with Crippen LogP contribution in [0.4, 0.5) is 5.69 Å². The molecule has 0 bridgehead atoms. The summed E-state index contributed by atoms with van der Waals surface area (Å²) in [6.07, 6.45) is 3.64. The van der Waals surface area contributed by atoms with Gasteiger partial charge in [0.1, 0.15) is 18.4 Å². The third-order valence-corrected chi connectivity index (χ3v) is 2.47. The first-order valence-corrected chi connectivity index (χ1v) is 6.34. The van der Waals surface area contributed by atoms with Crippen LogP contribution in [0.3, 0.4) is 0 Å². The molecule has 0 aliphatic carbocycles. The minimum Gasteiger partial charge on any atom is -0.488 e. The van der Waals surface area contributed by atoms with Crippen molar-refractivity contribution < 1.29 is 14.5 Å². The fourth-order valence-electron chi connectivity index (χ4n) is 1.50. The van der Waals surface area contributed by atoms with Gasteiger partial charge in [-0.05, 0) is 18.6 Å². The quantitative estimate of drug-likeness (QED) is 0.469. The van der Waals surface area contributed by atoms with Crippen LogP contribution in [0.5, 0.6) is 5.75 Å². The SMILES string of the molecule is CCCNC(=O)C=CCOc1cccc([N+](=O)[O-])c1C#N. The van der Waals surface area contributed by atoms with Crippen molar-refractivity contribution in [3.8, 4) is 11.8 Å². The molecule has 7 heteroatoms. The highest BCUT2D eigenvalue weighted by Crippen LogP contribution is 2.27. The van der Waals surface area contributed by atoms with Crippen LogP contribution >= 0.6 is 0 Å². The zero-order chi connectivity index (χ0) is 15.7. The van der Waals surface area contributed by atoms with Crippen LogP contribution in [0.15, 0.2) is 30.4 Å². The number of nitrogens with zero attached hydrogens (tertiary/aromatic N) is 2. The van der Waals surface area contributed by atoms with Crippen molar-refractivity contribution in [1.29, 1.82) is 5.26 Å². The number of nitrogens with one attached hydrogen (secondary N) is 1. The van der Waals surface area contributed by atoms with Crippen molar-refractivity contribution in [3.63, 3.8) is 0 Å². The molecular formula is C14H15N3O4. The maximum Gasteiger partial charge on any atom is 0.290 e. The van der Waals surface area contributed by atoms with Crippen molar-refractivity contribution in [2.24, 2.45) is 0 Å². The van der Waals surface area contributed by atoms with E-state index in [1.54, 1.807) is 6.07 Å². The standard InChI is InChI=1S/C14H15N3O4/c1-2-8-16-14(18)7-4-9-21-13-6-3-5-12(17(19)20)11(13)10-15/h3-7H,2,8-9H2,1H3,(H,16,18). The molecule has 1 aromatic carbocycles. The summed E-state index contributed by atoms with van der Waals surface area (Å²) in [6.45, 7) is 2.57. The Morgan fingerprint density at radius 2 is 2.33 bits per heavy atom. The van der Waals surface area contributed by atoms with E-state index < -0.39 is 4.92 Å². The van der Waals surface area contributed by atoms with Crippen molar-refractivity contribution in [2.75, 3.05) is 13.2 Å². The number of ether oxygens (including phenoxy) is 1. The summed E-state index contributed by atoms with van der Waals surface area (Å²) in [5, 5.41) is 22.4. The second kappa shape index (κ2) is 8.32. The van der Waals surface area contributed by atoms with Crippen LogP contribution in [-0.4, -0.2) is 24.0 Å². The second-order valence-corrected chi connectivity index (χ2v) is 4.02. The molecule has 0 atom stereocenters. The van der Waals surface area contributed by atoms with E-state index in [-0.39, 0.29) is 29.5 Å². The highest BCUT2D eigenvalue weighted by Gasteiger charge is 2.17. The Morgan fingerprint density at radius 1 is 1.57 bits per heavy atom. The molecule has 0 fully saturated rings. The van der Waals surface area contributed by atoms with E-state index in [2.05, 4.69) is 5.32 Å². The molecule has 110 valence electrons. The zero-order valence-corrected chi connectivity index (χ0v) is 11.5. The summed E-state index contributed by atoms with van der Waals surface area (Å²) < 4.78 is 5.28. The summed E-state index contributed by atoms with van der Waals surface area (Å²) in [7, 11) is 0. The van der Waals surface area contributed by atoms with Gasteiger partial charge in [0.05, 0.1) is 4.92 Å². The average Bonchev–Trinajstić information content (AvgIpc) is 2.48. The van der Waals surface area contributed by atoms with Crippen LogP contribution in [0.25, 0.3) is 0 Å². The molecule has 1 N–H and O–H groups in total. The van der Waals surface area contributed by atoms with Gasteiger partial charge in [-0.2, -0.15) is 5.26 Å². The number of hydrogen-bond acceptors (Lipinski definition) is 5. The lowest BCUT2D eigenvalue weighted by Gasteiger charge is -2.05. The number of carbonyl (C=O) groups excluding carboxylic acids is 1. The minimum atomic E-state index is -0.639. The molecular weight excluding hydrogens is 274 g/mol. The van der Waals surface area contributed by atoms with Crippen molar-refractivity contribution in [3.05, 3.63) is 46.0 Å². The van der Waals surface area contributed by atoms with Gasteiger partial charge in [0.2, 0.25) is 5.91 Å². The van der Waals surface area contributed by atoms with E-state index in [0.29, 0.717) is 6.54 Å². The summed E-state index contributed by atoms with van der Waals surface area (Å²) in [5.74, 6) is -0.120. The van der Waals surface area contributed by atoms with Gasteiger partial charge < -0.3 is 10.1 Å². The smallest absolute Gasteiger partial charge is 0.290 e. The molecule has 0 radical (unpaired) electrons. The highest BCUT2D eigenvalue weighted by atomic mass is 16.6. The molecule has 0 heterocycles. The van der Waals surface area contributed by atoms with Crippen LogP contribution in [-0.2, 0) is 4.79 Å². The van der Waals surface area contributed by atoms with E-state index in [1.165, 1.54) is 30.4 Å². The van der Waals surface area contributed by atoms with Gasteiger partial charge in [0.25, 0.3) is 5.69 Å². The highest BCUT2D eigenvalue weighted by molar-refractivity contribution is 5.87. The van der Waals surface area contributed by atoms with E-state index >= 15 is 0 Å². The van der Waals surface area contributed by atoms with Crippen molar-refractivity contribution in [1.82, 2.24) is 5.32 Å². The van der Waals surface area contributed by atoms with Gasteiger partial charge in [-0.1, -0.05) is 13.0 Å². The fourth-order valence-corrected chi connectivity index (χ4v) is 1.50. The number of nitriles is 1. The van der Waals surface area contributed by atoms with Gasteiger partial charge in [-0.25, -0.2) is 0 Å². The second-order valence-electron chi connectivity index (χ2n) is 4.02. The van der Waals surface area contributed by atoms with Gasteiger partial charge in [-0.3, -0.25) is 14.9 Å². The maximum absolute atomic E-state index is 11.3. The number of rotatable bonds is 7. The number of nitro benzene ring substituents is 1. The third-order valence-electron chi connectivity index (χ3n) is 2.47. The Labute approximate surface area is 122 Å². The fraction of sp³-hybridized carbons (Fsp3) is 0.286. The molecule has 0 aliphatic heterocycles. The Balaban J connectivity index is 2.66. The molecule has 0 saturated heterocycles. The van der Waals surface area contributed by atoms with Gasteiger partial charge in [0.15, 0.2) is 5.56 Å². The topological polar surface area (TPSA) is 105 Å². The summed E-state index contributed by atoms with van der Waals surface area (Å²) >= 11 is 0. The van der Waals surface area contributed by atoms with Gasteiger partial charge in [-0.15, -0.1) is 0 Å². The van der Waals surface area contributed by atoms with E-state index in [4.69, 9.17) is 10.00 Å². The Kier molecular flexibility index (Phi) is 6.41. The molecule has 1 rings (SSSR count). The summed E-state index contributed by atoms with van der Waals surface area (Å²) in [6, 6.07) is 5.89. The van der Waals surface area contributed by atoms with E-state index in [0.717, 1.165) is 6.42 Å². The first-order valence-electron chi connectivity index (χ1n) is 6.34. The summed E-state index contributed by atoms with van der Waals surface area (Å²) in [5.41, 5.74) is -0.439. The Morgan fingerprint density at radius 3 is 2.95 bits per heavy atom. The molecule has 0 aromatic heterocycles. The van der Waals surface area contributed by atoms with Crippen LogP contribution in [0.2, 0.25) is 0 Å². The average molecular weight is 289 g/mol. The van der Waals surface area contributed by atoms with Gasteiger partial charge in [0, 0.05) is 18.7 Å². The normalized spacial score (nSPS) is 10.1. The van der Waals surface area contributed by atoms with Crippen LogP contribution in [0.1, 0.15) is 18.9 Å². The molecule has 0 spiro atoms. The van der Waals surface area contributed by atoms with E-state index in [1.807, 2.05) is 6.92 Å². The first-order chi connectivity index (χ1) is 10.1. The van der Waals surface area contributed by atoms with Gasteiger partial charge >= 0.3 is 0 Å². The molecule has 1 amide bonds. The van der Waals surface area contributed by atoms with Crippen LogP contribution in [0, 0.1) is 21.4 Å². The number of carbonyl (C=O) groups is 1. The number of benzene rings is 1. The lowest BCUT2D eigenvalue weighted by atomic mass is 10.2. The number of nitro groups is 1. The Bertz CT molecular complexity index is 590. The summed E-state index contributed by atoms with van der Waals surface area (Å²) in [4.78, 5) is 21.4. The molecule has 1 aromatic rings. The molecule has 7 nitrogen and oxygen atoms in total. The predicted octanol–water partition coefficient (Wildman–Crippen LogP) is 1.93. The first kappa shape index (κ1) is 16.2. The van der Waals surface area contributed by atoms with Crippen molar-refractivity contribution in [2.45, 2.75) is 13.3 Å². The largest absolute Gasteiger partial charge is 0.488 e. The molecule has 0 unspecified atom stereocenters. The van der Waals surface area contributed by atoms with Crippen molar-refractivity contribution >= 4 is 11.6 Å². The Hall–Kier alpha value is -2.88. The molecule has 0 saturated carbocycles.